The molecule has 0 fully saturated rings. The van der Waals surface area contributed by atoms with Crippen molar-refractivity contribution in [1.29, 1.82) is 0 Å². The fraction of sp³-hybridized carbons (Fsp3) is 0.571. The standard InChI is InChI=1S/C14H23NO3/c1-14(2,15-9-12(17)10-16)8-11-4-6-13(18-3)7-5-11/h4-7,12,15-17H,8-10H2,1-3H3/t12-/m0/s1. The molecular weight excluding hydrogens is 230 g/mol. The lowest BCUT2D eigenvalue weighted by Gasteiger charge is -2.27. The third kappa shape index (κ3) is 5.04. The smallest absolute Gasteiger partial charge is 0.118 e. The van der Waals surface area contributed by atoms with Crippen LogP contribution in [0.3, 0.4) is 0 Å². The van der Waals surface area contributed by atoms with Crippen LogP contribution in [0.1, 0.15) is 19.4 Å². The maximum absolute atomic E-state index is 9.33. The van der Waals surface area contributed by atoms with E-state index in [9.17, 15) is 5.11 Å². The molecule has 4 nitrogen and oxygen atoms in total. The van der Waals surface area contributed by atoms with Gasteiger partial charge in [-0.15, -0.1) is 0 Å². The second-order valence-electron chi connectivity index (χ2n) is 5.13. The summed E-state index contributed by atoms with van der Waals surface area (Å²) in [7, 11) is 1.65. The van der Waals surface area contributed by atoms with Gasteiger partial charge in [0, 0.05) is 12.1 Å². The van der Waals surface area contributed by atoms with Crippen molar-refractivity contribution in [3.63, 3.8) is 0 Å². The number of benzene rings is 1. The van der Waals surface area contributed by atoms with Gasteiger partial charge in [0.1, 0.15) is 5.75 Å². The summed E-state index contributed by atoms with van der Waals surface area (Å²) in [4.78, 5) is 0. The number of ether oxygens (including phenoxy) is 1. The molecule has 0 aliphatic heterocycles. The molecule has 0 unspecified atom stereocenters. The first-order valence-electron chi connectivity index (χ1n) is 6.14. The number of aliphatic hydroxyl groups excluding tert-OH is 2. The number of aliphatic hydroxyl groups is 2. The van der Waals surface area contributed by atoms with Gasteiger partial charge in [0.25, 0.3) is 0 Å². The zero-order valence-electron chi connectivity index (χ0n) is 11.3. The van der Waals surface area contributed by atoms with Crippen molar-refractivity contribution >= 4 is 0 Å². The highest BCUT2D eigenvalue weighted by Crippen LogP contribution is 2.16. The van der Waals surface area contributed by atoms with Crippen LogP contribution in [-0.2, 0) is 6.42 Å². The van der Waals surface area contributed by atoms with Gasteiger partial charge in [0.05, 0.1) is 19.8 Å². The molecule has 1 atom stereocenters. The monoisotopic (exact) mass is 253 g/mol. The van der Waals surface area contributed by atoms with Crippen LogP contribution < -0.4 is 10.1 Å². The molecule has 0 aliphatic rings. The molecule has 0 bridgehead atoms. The lowest BCUT2D eigenvalue weighted by atomic mass is 9.94. The third-order valence-corrected chi connectivity index (χ3v) is 2.83. The fourth-order valence-corrected chi connectivity index (χ4v) is 1.77. The largest absolute Gasteiger partial charge is 0.497 e. The summed E-state index contributed by atoms with van der Waals surface area (Å²) in [5.41, 5.74) is 1.07. The molecule has 1 rings (SSSR count). The molecule has 0 spiro atoms. The molecule has 0 saturated heterocycles. The maximum Gasteiger partial charge on any atom is 0.118 e. The van der Waals surface area contributed by atoms with Crippen LogP contribution in [0.2, 0.25) is 0 Å². The number of hydrogen-bond acceptors (Lipinski definition) is 4. The van der Waals surface area contributed by atoms with Crippen LogP contribution in [0, 0.1) is 0 Å². The van der Waals surface area contributed by atoms with Gasteiger partial charge in [0.2, 0.25) is 0 Å². The summed E-state index contributed by atoms with van der Waals surface area (Å²) in [5, 5.41) is 21.3. The fourth-order valence-electron chi connectivity index (χ4n) is 1.77. The summed E-state index contributed by atoms with van der Waals surface area (Å²) in [5.74, 6) is 0.847. The highest BCUT2D eigenvalue weighted by molar-refractivity contribution is 5.28. The Bertz CT molecular complexity index is 349. The molecular formula is C14H23NO3. The van der Waals surface area contributed by atoms with Crippen molar-refractivity contribution < 1.29 is 14.9 Å². The van der Waals surface area contributed by atoms with Crippen molar-refractivity contribution in [2.24, 2.45) is 0 Å². The van der Waals surface area contributed by atoms with Crippen molar-refractivity contribution in [2.75, 3.05) is 20.3 Å². The number of nitrogens with one attached hydrogen (secondary N) is 1. The number of hydrogen-bond donors (Lipinski definition) is 3. The average molecular weight is 253 g/mol. The molecule has 1 aromatic carbocycles. The molecule has 4 heteroatoms. The minimum absolute atomic E-state index is 0.134. The maximum atomic E-state index is 9.33. The Morgan fingerprint density at radius 2 is 1.89 bits per heavy atom. The molecule has 0 aromatic heterocycles. The molecule has 18 heavy (non-hydrogen) atoms. The van der Waals surface area contributed by atoms with Crippen LogP contribution in [0.15, 0.2) is 24.3 Å². The van der Waals surface area contributed by atoms with E-state index < -0.39 is 6.10 Å². The zero-order chi connectivity index (χ0) is 13.6. The first-order valence-corrected chi connectivity index (χ1v) is 6.14. The van der Waals surface area contributed by atoms with E-state index in [-0.39, 0.29) is 12.1 Å². The van der Waals surface area contributed by atoms with Crippen molar-refractivity contribution in [1.82, 2.24) is 5.32 Å². The Morgan fingerprint density at radius 3 is 2.39 bits per heavy atom. The van der Waals surface area contributed by atoms with Crippen molar-refractivity contribution in [3.05, 3.63) is 29.8 Å². The van der Waals surface area contributed by atoms with Crippen LogP contribution in [0.25, 0.3) is 0 Å². The van der Waals surface area contributed by atoms with Gasteiger partial charge < -0.3 is 20.3 Å². The molecule has 0 heterocycles. The third-order valence-electron chi connectivity index (χ3n) is 2.83. The van der Waals surface area contributed by atoms with E-state index in [0.717, 1.165) is 12.2 Å². The van der Waals surface area contributed by atoms with Gasteiger partial charge in [-0.05, 0) is 38.0 Å². The average Bonchev–Trinajstić information content (AvgIpc) is 2.36. The second kappa shape index (κ2) is 6.73. The Balaban J connectivity index is 2.52. The SMILES string of the molecule is COc1ccc(CC(C)(C)NC[C@H](O)CO)cc1. The molecule has 1 aromatic rings. The van der Waals surface area contributed by atoms with Crippen LogP contribution >= 0.6 is 0 Å². The first kappa shape index (κ1) is 15.0. The van der Waals surface area contributed by atoms with Gasteiger partial charge in [-0.1, -0.05) is 12.1 Å². The van der Waals surface area contributed by atoms with E-state index in [1.165, 1.54) is 5.56 Å². The van der Waals surface area contributed by atoms with Gasteiger partial charge in [-0.2, -0.15) is 0 Å². The topological polar surface area (TPSA) is 61.7 Å². The van der Waals surface area contributed by atoms with Crippen molar-refractivity contribution in [3.8, 4) is 5.75 Å². The number of β-amino-alcohol motifs (C(OH)–C–C–N with tert-alkyl or cyclic N) is 1. The Labute approximate surface area is 109 Å². The Hall–Kier alpha value is -1.10. The summed E-state index contributed by atoms with van der Waals surface area (Å²) >= 11 is 0. The minimum atomic E-state index is -0.708. The normalized spacial score (nSPS) is 13.4. The van der Waals surface area contributed by atoms with E-state index in [0.29, 0.717) is 6.54 Å². The second-order valence-corrected chi connectivity index (χ2v) is 5.13. The molecule has 0 radical (unpaired) electrons. The van der Waals surface area contributed by atoms with Crippen LogP contribution in [0.4, 0.5) is 0 Å². The lowest BCUT2D eigenvalue weighted by molar-refractivity contribution is 0.0877. The first-order chi connectivity index (χ1) is 8.46. The van der Waals surface area contributed by atoms with Gasteiger partial charge in [-0.3, -0.25) is 0 Å². The van der Waals surface area contributed by atoms with Gasteiger partial charge in [-0.25, -0.2) is 0 Å². The van der Waals surface area contributed by atoms with Crippen LogP contribution in [0.5, 0.6) is 5.75 Å². The Morgan fingerprint density at radius 1 is 1.28 bits per heavy atom. The van der Waals surface area contributed by atoms with E-state index in [1.54, 1.807) is 7.11 Å². The quantitative estimate of drug-likeness (QED) is 0.677. The molecule has 0 saturated carbocycles. The van der Waals surface area contributed by atoms with Gasteiger partial charge >= 0.3 is 0 Å². The molecule has 0 aliphatic carbocycles. The van der Waals surface area contributed by atoms with Crippen LogP contribution in [-0.4, -0.2) is 42.1 Å². The molecule has 102 valence electrons. The predicted octanol–water partition coefficient (Wildman–Crippen LogP) is 0.959. The highest BCUT2D eigenvalue weighted by atomic mass is 16.5. The van der Waals surface area contributed by atoms with Crippen molar-refractivity contribution in [2.45, 2.75) is 31.9 Å². The van der Waals surface area contributed by atoms with E-state index in [1.807, 2.05) is 24.3 Å². The van der Waals surface area contributed by atoms with E-state index >= 15 is 0 Å². The minimum Gasteiger partial charge on any atom is -0.497 e. The Kier molecular flexibility index (Phi) is 5.59. The molecule has 3 N–H and O–H groups in total. The van der Waals surface area contributed by atoms with Gasteiger partial charge in [0.15, 0.2) is 0 Å². The van der Waals surface area contributed by atoms with E-state index in [2.05, 4.69) is 19.2 Å². The summed E-state index contributed by atoms with van der Waals surface area (Å²) < 4.78 is 5.12. The zero-order valence-corrected chi connectivity index (χ0v) is 11.3. The number of rotatable bonds is 7. The molecule has 0 amide bonds. The predicted molar refractivity (Wildman–Crippen MR) is 71.9 cm³/mol. The summed E-state index contributed by atoms with van der Waals surface area (Å²) in [6.07, 6.45) is 0.134. The highest BCUT2D eigenvalue weighted by Gasteiger charge is 2.18. The number of methoxy groups -OCH3 is 1. The summed E-state index contributed by atoms with van der Waals surface area (Å²) in [6.45, 7) is 4.31. The summed E-state index contributed by atoms with van der Waals surface area (Å²) in [6, 6.07) is 7.94. The lowest BCUT2D eigenvalue weighted by Crippen LogP contribution is -2.45. The van der Waals surface area contributed by atoms with E-state index in [4.69, 9.17) is 9.84 Å².